The van der Waals surface area contributed by atoms with Gasteiger partial charge in [-0.1, -0.05) is 13.3 Å². The number of nitrogens with zero attached hydrogens (tertiary/aromatic N) is 1. The van der Waals surface area contributed by atoms with Crippen LogP contribution in [-0.2, 0) is 4.79 Å². The average molecular weight is 254 g/mol. The van der Waals surface area contributed by atoms with Gasteiger partial charge in [0.1, 0.15) is 5.54 Å². The van der Waals surface area contributed by atoms with E-state index in [9.17, 15) is 9.90 Å². The highest BCUT2D eigenvalue weighted by Gasteiger charge is 2.46. The standard InChI is InChI=1S/C14H26N2O2/c1-3-11-5-8-16(9-6-11)12-4-7-14(10-12,15-2)13(17)18/h11-12,15H,3-10H2,1-2H3,(H,17,18). The van der Waals surface area contributed by atoms with Gasteiger partial charge in [0.2, 0.25) is 0 Å². The van der Waals surface area contributed by atoms with Crippen molar-refractivity contribution in [3.05, 3.63) is 0 Å². The van der Waals surface area contributed by atoms with Crippen LogP contribution in [0.15, 0.2) is 0 Å². The van der Waals surface area contributed by atoms with Crippen molar-refractivity contribution in [2.45, 2.75) is 57.0 Å². The van der Waals surface area contributed by atoms with Crippen molar-refractivity contribution in [1.29, 1.82) is 0 Å². The molecule has 4 nitrogen and oxygen atoms in total. The van der Waals surface area contributed by atoms with Gasteiger partial charge in [-0.3, -0.25) is 4.79 Å². The van der Waals surface area contributed by atoms with Gasteiger partial charge in [-0.2, -0.15) is 0 Å². The Bertz CT molecular complexity index is 300. The number of carbonyl (C=O) groups is 1. The molecule has 0 aromatic rings. The summed E-state index contributed by atoms with van der Waals surface area (Å²) in [7, 11) is 1.78. The molecular weight excluding hydrogens is 228 g/mol. The molecule has 1 aliphatic heterocycles. The molecule has 1 saturated carbocycles. The number of hydrogen-bond acceptors (Lipinski definition) is 3. The van der Waals surface area contributed by atoms with Crippen molar-refractivity contribution in [2.75, 3.05) is 20.1 Å². The van der Waals surface area contributed by atoms with E-state index in [-0.39, 0.29) is 0 Å². The van der Waals surface area contributed by atoms with Crippen LogP contribution in [0.25, 0.3) is 0 Å². The number of piperidine rings is 1. The number of carboxylic acid groups (broad SMARTS) is 1. The van der Waals surface area contributed by atoms with Crippen molar-refractivity contribution in [1.82, 2.24) is 10.2 Å². The molecule has 0 bridgehead atoms. The monoisotopic (exact) mass is 254 g/mol. The third-order valence-electron chi connectivity index (χ3n) is 5.12. The molecule has 2 aliphatic rings. The lowest BCUT2D eigenvalue weighted by Gasteiger charge is -2.36. The Morgan fingerprint density at radius 1 is 1.39 bits per heavy atom. The highest BCUT2D eigenvalue weighted by Crippen LogP contribution is 2.35. The average Bonchev–Trinajstić information content (AvgIpc) is 2.84. The molecule has 0 spiro atoms. The highest BCUT2D eigenvalue weighted by molar-refractivity contribution is 5.79. The maximum Gasteiger partial charge on any atom is 0.323 e. The first-order chi connectivity index (χ1) is 8.61. The summed E-state index contributed by atoms with van der Waals surface area (Å²) in [5.74, 6) is 0.201. The molecule has 2 rings (SSSR count). The molecule has 0 aromatic heterocycles. The predicted molar refractivity (Wildman–Crippen MR) is 71.7 cm³/mol. The van der Waals surface area contributed by atoms with Crippen LogP contribution in [0.5, 0.6) is 0 Å². The molecular formula is C14H26N2O2. The fraction of sp³-hybridized carbons (Fsp3) is 0.929. The Morgan fingerprint density at radius 2 is 2.06 bits per heavy atom. The molecule has 2 unspecified atom stereocenters. The maximum atomic E-state index is 11.4. The minimum absolute atomic E-state index is 0.464. The van der Waals surface area contributed by atoms with E-state index in [1.807, 2.05) is 0 Å². The van der Waals surface area contributed by atoms with Crippen LogP contribution in [0.1, 0.15) is 45.4 Å². The Balaban J connectivity index is 1.91. The first-order valence-corrected chi connectivity index (χ1v) is 7.27. The quantitative estimate of drug-likeness (QED) is 0.802. The summed E-state index contributed by atoms with van der Waals surface area (Å²) in [6.45, 7) is 4.58. The van der Waals surface area contributed by atoms with Crippen molar-refractivity contribution in [2.24, 2.45) is 5.92 Å². The van der Waals surface area contributed by atoms with Gasteiger partial charge < -0.3 is 15.3 Å². The van der Waals surface area contributed by atoms with Crippen LogP contribution in [-0.4, -0.2) is 47.7 Å². The number of rotatable bonds is 4. The van der Waals surface area contributed by atoms with Crippen LogP contribution >= 0.6 is 0 Å². The van der Waals surface area contributed by atoms with E-state index in [0.717, 1.165) is 38.3 Å². The molecule has 0 radical (unpaired) electrons. The zero-order valence-corrected chi connectivity index (χ0v) is 11.6. The molecule has 2 fully saturated rings. The van der Waals surface area contributed by atoms with Crippen LogP contribution in [0.4, 0.5) is 0 Å². The highest BCUT2D eigenvalue weighted by atomic mass is 16.4. The summed E-state index contributed by atoms with van der Waals surface area (Å²) in [6, 6.07) is 0.464. The summed E-state index contributed by atoms with van der Waals surface area (Å²) in [5.41, 5.74) is -0.674. The molecule has 0 amide bonds. The zero-order valence-electron chi connectivity index (χ0n) is 11.6. The summed E-state index contributed by atoms with van der Waals surface area (Å²) >= 11 is 0. The largest absolute Gasteiger partial charge is 0.480 e. The van der Waals surface area contributed by atoms with Crippen LogP contribution in [0.2, 0.25) is 0 Å². The van der Waals surface area contributed by atoms with Gasteiger partial charge >= 0.3 is 5.97 Å². The third-order valence-corrected chi connectivity index (χ3v) is 5.12. The zero-order chi connectivity index (χ0) is 13.2. The normalized spacial score (nSPS) is 34.9. The van der Waals surface area contributed by atoms with Crippen LogP contribution < -0.4 is 5.32 Å². The van der Waals surface area contributed by atoms with Crippen molar-refractivity contribution in [3.63, 3.8) is 0 Å². The molecule has 1 aliphatic carbocycles. The fourth-order valence-corrected chi connectivity index (χ4v) is 3.59. The van der Waals surface area contributed by atoms with E-state index in [1.54, 1.807) is 7.05 Å². The Morgan fingerprint density at radius 3 is 2.50 bits per heavy atom. The smallest absolute Gasteiger partial charge is 0.323 e. The SMILES string of the molecule is CCC1CCN(C2CCC(NC)(C(=O)O)C2)CC1. The van der Waals surface area contributed by atoms with E-state index < -0.39 is 11.5 Å². The third kappa shape index (κ3) is 2.54. The lowest BCUT2D eigenvalue weighted by molar-refractivity contribution is -0.144. The topological polar surface area (TPSA) is 52.6 Å². The van der Waals surface area contributed by atoms with Gasteiger partial charge in [-0.25, -0.2) is 0 Å². The number of carboxylic acids is 1. The minimum Gasteiger partial charge on any atom is -0.480 e. The first-order valence-electron chi connectivity index (χ1n) is 7.27. The van der Waals surface area contributed by atoms with Crippen LogP contribution in [0.3, 0.4) is 0 Å². The number of hydrogen-bond donors (Lipinski definition) is 2. The number of aliphatic carboxylic acids is 1. The maximum absolute atomic E-state index is 11.4. The second-order valence-electron chi connectivity index (χ2n) is 5.92. The number of nitrogens with one attached hydrogen (secondary N) is 1. The Labute approximate surface area is 110 Å². The molecule has 4 heteroatoms. The molecule has 2 N–H and O–H groups in total. The summed E-state index contributed by atoms with van der Waals surface area (Å²) in [6.07, 6.45) is 6.39. The van der Waals surface area contributed by atoms with Crippen molar-refractivity contribution in [3.8, 4) is 0 Å². The van der Waals surface area contributed by atoms with E-state index in [1.165, 1.54) is 19.3 Å². The van der Waals surface area contributed by atoms with Gasteiger partial charge in [0.05, 0.1) is 0 Å². The van der Waals surface area contributed by atoms with E-state index >= 15 is 0 Å². The Hall–Kier alpha value is -0.610. The van der Waals surface area contributed by atoms with Gasteiger partial charge in [-0.05, 0) is 58.2 Å². The van der Waals surface area contributed by atoms with E-state index in [0.29, 0.717) is 6.04 Å². The summed E-state index contributed by atoms with van der Waals surface area (Å²) < 4.78 is 0. The molecule has 18 heavy (non-hydrogen) atoms. The number of likely N-dealkylation sites (N-methyl/N-ethyl adjacent to an activating group) is 1. The second kappa shape index (κ2) is 5.57. The van der Waals surface area contributed by atoms with Crippen molar-refractivity contribution >= 4 is 5.97 Å². The lowest BCUT2D eigenvalue weighted by Crippen LogP contribution is -2.50. The van der Waals surface area contributed by atoms with Gasteiger partial charge in [-0.15, -0.1) is 0 Å². The second-order valence-corrected chi connectivity index (χ2v) is 5.92. The first kappa shape index (κ1) is 13.8. The summed E-state index contributed by atoms with van der Waals surface area (Å²) in [4.78, 5) is 13.9. The molecule has 104 valence electrons. The van der Waals surface area contributed by atoms with Crippen LogP contribution in [0, 0.1) is 5.92 Å². The van der Waals surface area contributed by atoms with Crippen molar-refractivity contribution < 1.29 is 9.90 Å². The Kier molecular flexibility index (Phi) is 4.28. The van der Waals surface area contributed by atoms with Gasteiger partial charge in [0.25, 0.3) is 0 Å². The van der Waals surface area contributed by atoms with E-state index in [2.05, 4.69) is 17.1 Å². The fourth-order valence-electron chi connectivity index (χ4n) is 3.59. The number of likely N-dealkylation sites (tertiary alicyclic amines) is 1. The molecule has 1 heterocycles. The van der Waals surface area contributed by atoms with E-state index in [4.69, 9.17) is 0 Å². The predicted octanol–water partition coefficient (Wildman–Crippen LogP) is 1.70. The molecule has 0 aromatic carbocycles. The summed E-state index contributed by atoms with van der Waals surface area (Å²) in [5, 5.41) is 12.4. The van der Waals surface area contributed by atoms with Gasteiger partial charge in [0, 0.05) is 6.04 Å². The minimum atomic E-state index is -0.684. The lowest BCUT2D eigenvalue weighted by atomic mass is 9.92. The molecule has 2 atom stereocenters. The molecule has 1 saturated heterocycles. The van der Waals surface area contributed by atoms with Gasteiger partial charge in [0.15, 0.2) is 0 Å².